The second-order valence-electron chi connectivity index (χ2n) is 17.7. The molecular formula is C50H43BN2OSi2. The fourth-order valence-electron chi connectivity index (χ4n) is 10.1. The molecule has 0 saturated heterocycles. The van der Waals surface area contributed by atoms with Crippen molar-refractivity contribution in [1.29, 1.82) is 0 Å². The Bertz CT molecular complexity index is 3080. The summed E-state index contributed by atoms with van der Waals surface area (Å²) in [5.41, 5.74) is 13.2. The van der Waals surface area contributed by atoms with Gasteiger partial charge in [0.15, 0.2) is 0 Å². The summed E-state index contributed by atoms with van der Waals surface area (Å²) in [5, 5.41) is 10.6. The molecule has 0 spiro atoms. The molecule has 56 heavy (non-hydrogen) atoms. The monoisotopic (exact) mass is 754 g/mol. The summed E-state index contributed by atoms with van der Waals surface area (Å²) >= 11 is 0. The van der Waals surface area contributed by atoms with Gasteiger partial charge in [-0.2, -0.15) is 0 Å². The second-order valence-corrected chi connectivity index (χ2v) is 27.7. The first kappa shape index (κ1) is 33.5. The van der Waals surface area contributed by atoms with Gasteiger partial charge >= 0.3 is 0 Å². The van der Waals surface area contributed by atoms with Crippen molar-refractivity contribution in [1.82, 2.24) is 0 Å². The van der Waals surface area contributed by atoms with E-state index in [1.54, 1.807) is 0 Å². The number of fused-ring (bicyclic) bond motifs is 10. The summed E-state index contributed by atoms with van der Waals surface area (Å²) in [6, 6.07) is 56.7. The van der Waals surface area contributed by atoms with E-state index in [9.17, 15) is 0 Å². The number of benzene rings is 8. The third kappa shape index (κ3) is 4.69. The summed E-state index contributed by atoms with van der Waals surface area (Å²) in [4.78, 5) is 5.20. The van der Waals surface area contributed by atoms with Crippen molar-refractivity contribution < 1.29 is 4.42 Å². The Hall–Kier alpha value is -5.82. The molecule has 0 bridgehead atoms. The second kappa shape index (κ2) is 11.8. The molecule has 2 aliphatic heterocycles. The maximum atomic E-state index is 7.03. The van der Waals surface area contributed by atoms with Gasteiger partial charge in [-0.1, -0.05) is 142 Å². The van der Waals surface area contributed by atoms with Crippen molar-refractivity contribution in [2.75, 3.05) is 9.80 Å². The molecular weight excluding hydrogens is 712 g/mol. The molecule has 0 atom stereocenters. The van der Waals surface area contributed by atoms with Gasteiger partial charge in [0.05, 0.1) is 16.1 Å². The molecule has 0 unspecified atom stereocenters. The van der Waals surface area contributed by atoms with Crippen LogP contribution in [0.4, 0.5) is 34.1 Å². The van der Waals surface area contributed by atoms with E-state index in [0.29, 0.717) is 0 Å². The lowest BCUT2D eigenvalue weighted by Gasteiger charge is -2.45. The van der Waals surface area contributed by atoms with E-state index < -0.39 is 16.1 Å². The lowest BCUT2D eigenvalue weighted by Crippen LogP contribution is -2.62. The molecule has 0 amide bonds. The van der Waals surface area contributed by atoms with Gasteiger partial charge in [0.25, 0.3) is 6.71 Å². The van der Waals surface area contributed by atoms with Gasteiger partial charge in [-0.05, 0) is 96.8 Å². The van der Waals surface area contributed by atoms with Gasteiger partial charge in [0, 0.05) is 44.9 Å². The van der Waals surface area contributed by atoms with Crippen LogP contribution in [0.15, 0.2) is 156 Å². The van der Waals surface area contributed by atoms with E-state index in [0.717, 1.165) is 16.6 Å². The molecule has 6 heteroatoms. The Morgan fingerprint density at radius 2 is 0.875 bits per heavy atom. The van der Waals surface area contributed by atoms with E-state index in [4.69, 9.17) is 4.42 Å². The molecule has 0 saturated carbocycles. The highest BCUT2D eigenvalue weighted by molar-refractivity contribution is 7.02. The average Bonchev–Trinajstić information content (AvgIpc) is 3.58. The van der Waals surface area contributed by atoms with Crippen LogP contribution < -0.4 is 36.6 Å². The minimum atomic E-state index is -1.92. The number of rotatable bonds is 4. The Morgan fingerprint density at radius 1 is 0.393 bits per heavy atom. The van der Waals surface area contributed by atoms with Crippen LogP contribution in [0.3, 0.4) is 0 Å². The van der Waals surface area contributed by atoms with E-state index in [1.807, 2.05) is 0 Å². The fraction of sp³-hybridized carbons (Fsp3) is 0.120. The molecule has 3 nitrogen and oxygen atoms in total. The molecule has 0 fully saturated rings. The average molecular weight is 755 g/mol. The zero-order valence-electron chi connectivity index (χ0n) is 32.8. The van der Waals surface area contributed by atoms with Gasteiger partial charge in [0.1, 0.15) is 11.2 Å². The first-order chi connectivity index (χ1) is 27.1. The van der Waals surface area contributed by atoms with Gasteiger partial charge in [0.2, 0.25) is 0 Å². The van der Waals surface area contributed by atoms with Crippen LogP contribution in [0.2, 0.25) is 39.3 Å². The number of furan rings is 1. The smallest absolute Gasteiger partial charge is 0.257 e. The number of nitrogens with zero attached hydrogens (tertiary/aromatic N) is 2. The maximum Gasteiger partial charge on any atom is 0.257 e. The normalized spacial score (nSPS) is 13.8. The fourth-order valence-corrected chi connectivity index (χ4v) is 14.1. The topological polar surface area (TPSA) is 19.6 Å². The number of anilines is 6. The molecule has 1 aromatic heterocycles. The van der Waals surface area contributed by atoms with Gasteiger partial charge in [-0.3, -0.25) is 0 Å². The zero-order chi connectivity index (χ0) is 38.1. The Kier molecular flexibility index (Phi) is 7.09. The Balaban J connectivity index is 1.29. The van der Waals surface area contributed by atoms with Crippen molar-refractivity contribution in [3.05, 3.63) is 152 Å². The van der Waals surface area contributed by atoms with E-state index >= 15 is 0 Å². The Labute approximate surface area is 330 Å². The van der Waals surface area contributed by atoms with Gasteiger partial charge in [-0.25, -0.2) is 0 Å². The molecule has 11 rings (SSSR count). The highest BCUT2D eigenvalue weighted by Gasteiger charge is 2.46. The molecule has 0 radical (unpaired) electrons. The zero-order valence-corrected chi connectivity index (χ0v) is 34.8. The van der Waals surface area contributed by atoms with Crippen molar-refractivity contribution in [3.8, 4) is 0 Å². The van der Waals surface area contributed by atoms with Crippen molar-refractivity contribution in [3.63, 3.8) is 0 Å². The highest BCUT2D eigenvalue weighted by Crippen LogP contribution is 2.46. The summed E-state index contributed by atoms with van der Waals surface area (Å²) in [7, 11) is -3.81. The number of hydrogen-bond acceptors (Lipinski definition) is 3. The van der Waals surface area contributed by atoms with E-state index in [-0.39, 0.29) is 6.71 Å². The highest BCUT2D eigenvalue weighted by atomic mass is 28.3. The lowest BCUT2D eigenvalue weighted by atomic mass is 9.33. The van der Waals surface area contributed by atoms with Gasteiger partial charge < -0.3 is 14.2 Å². The van der Waals surface area contributed by atoms with Crippen molar-refractivity contribution >= 4 is 127 Å². The van der Waals surface area contributed by atoms with Gasteiger partial charge in [-0.15, -0.1) is 0 Å². The van der Waals surface area contributed by atoms with Crippen LogP contribution in [0.1, 0.15) is 0 Å². The molecule has 2 aliphatic rings. The largest absolute Gasteiger partial charge is 0.457 e. The number of hydrogen-bond donors (Lipinski definition) is 0. The lowest BCUT2D eigenvalue weighted by molar-refractivity contribution is 0.671. The van der Waals surface area contributed by atoms with E-state index in [2.05, 4.69) is 201 Å². The first-order valence-corrected chi connectivity index (χ1v) is 26.9. The summed E-state index contributed by atoms with van der Waals surface area (Å²) in [6.45, 7) is 14.9. The predicted molar refractivity (Wildman–Crippen MR) is 249 cm³/mol. The van der Waals surface area contributed by atoms with Crippen molar-refractivity contribution in [2.45, 2.75) is 39.3 Å². The standard InChI is InChI=1S/C50H43BN2OSi2/c1-55(2,3)49-34-18-9-7-16-32(34)26-29-43(49)52-39-22-13-12-21-38(39)51-46-40(52)23-15-24-41(46)53(44-30-27-33-17-8-10-19-35(33)50(44)56(4,5)6)42-31-28-37-36-20-11-14-25-45(36)54-48(37)47(42)51/h7-31H,1-6H3. The predicted octanol–water partition coefficient (Wildman–Crippen LogP) is 11.1. The first-order valence-electron chi connectivity index (χ1n) is 19.9. The quantitative estimate of drug-likeness (QED) is 0.167. The van der Waals surface area contributed by atoms with Crippen LogP contribution in [0.5, 0.6) is 0 Å². The summed E-state index contributed by atoms with van der Waals surface area (Å²) in [6.07, 6.45) is 0. The molecule has 9 aromatic rings. The minimum absolute atomic E-state index is 0.0317. The van der Waals surface area contributed by atoms with Crippen LogP contribution in [-0.2, 0) is 0 Å². The molecule has 0 N–H and O–H groups in total. The van der Waals surface area contributed by atoms with Crippen molar-refractivity contribution in [2.24, 2.45) is 0 Å². The number of para-hydroxylation sites is 2. The van der Waals surface area contributed by atoms with Crippen LogP contribution >= 0.6 is 0 Å². The van der Waals surface area contributed by atoms with Crippen LogP contribution in [-0.4, -0.2) is 22.9 Å². The molecule has 0 aliphatic carbocycles. The minimum Gasteiger partial charge on any atom is -0.457 e. The third-order valence-corrected chi connectivity index (χ3v) is 16.3. The summed E-state index contributed by atoms with van der Waals surface area (Å²) in [5.74, 6) is 0. The van der Waals surface area contributed by atoms with Crippen LogP contribution in [0.25, 0.3) is 43.5 Å². The van der Waals surface area contributed by atoms with Crippen LogP contribution in [0, 0.1) is 0 Å². The molecule has 8 aromatic carbocycles. The van der Waals surface area contributed by atoms with E-state index in [1.165, 1.54) is 87.8 Å². The summed E-state index contributed by atoms with van der Waals surface area (Å²) < 4.78 is 7.03. The maximum absolute atomic E-state index is 7.03. The Morgan fingerprint density at radius 3 is 1.50 bits per heavy atom. The molecule has 270 valence electrons. The third-order valence-electron chi connectivity index (χ3n) is 12.2. The molecule has 3 heterocycles. The SMILES string of the molecule is C[Si](C)(C)c1c(N2c3ccccc3B3c4c2cccc4N(c2ccc4ccccc4c2[Si](C)(C)C)c2ccc4c(oc5ccccc54)c23)ccc2ccccc12.